The Bertz CT molecular complexity index is 646. The third kappa shape index (κ3) is 2.98. The average Bonchev–Trinajstić information content (AvgIpc) is 2.46. The van der Waals surface area contributed by atoms with Crippen molar-refractivity contribution < 1.29 is 4.79 Å². The molecule has 4 nitrogen and oxygen atoms in total. The second kappa shape index (κ2) is 5.63. The lowest BCUT2D eigenvalue weighted by atomic mass is 10.2. The van der Waals surface area contributed by atoms with Crippen LogP contribution < -0.4 is 4.90 Å². The SMILES string of the molecule is CN(C(=O)c1ccc(Br)nc1)c1cccc(C#N)c1. The molecule has 0 aliphatic rings. The van der Waals surface area contributed by atoms with E-state index in [-0.39, 0.29) is 5.91 Å². The van der Waals surface area contributed by atoms with Gasteiger partial charge in [0.1, 0.15) is 4.60 Å². The molecule has 1 heterocycles. The zero-order valence-corrected chi connectivity index (χ0v) is 11.8. The first kappa shape index (κ1) is 13.2. The third-order valence-corrected chi connectivity index (χ3v) is 3.11. The number of amides is 1. The predicted molar refractivity (Wildman–Crippen MR) is 75.8 cm³/mol. The summed E-state index contributed by atoms with van der Waals surface area (Å²) in [5.74, 6) is -0.171. The Morgan fingerprint density at radius 2 is 2.16 bits per heavy atom. The summed E-state index contributed by atoms with van der Waals surface area (Å²) in [7, 11) is 1.67. The standard InChI is InChI=1S/C14H10BrN3O/c1-18(12-4-2-3-10(7-12)8-16)14(19)11-5-6-13(15)17-9-11/h2-7,9H,1H3. The molecule has 0 saturated heterocycles. The molecular weight excluding hydrogens is 306 g/mol. The highest BCUT2D eigenvalue weighted by Crippen LogP contribution is 2.17. The summed E-state index contributed by atoms with van der Waals surface area (Å²) in [5.41, 5.74) is 1.69. The van der Waals surface area contributed by atoms with Crippen LogP contribution in [0.25, 0.3) is 0 Å². The van der Waals surface area contributed by atoms with Gasteiger partial charge in [-0.1, -0.05) is 6.07 Å². The van der Waals surface area contributed by atoms with Gasteiger partial charge in [-0.25, -0.2) is 4.98 Å². The number of pyridine rings is 1. The largest absolute Gasteiger partial charge is 0.311 e. The molecule has 0 spiro atoms. The van der Waals surface area contributed by atoms with Crippen LogP contribution in [0, 0.1) is 11.3 Å². The highest BCUT2D eigenvalue weighted by atomic mass is 79.9. The minimum absolute atomic E-state index is 0.171. The van der Waals surface area contributed by atoms with E-state index in [1.54, 1.807) is 43.4 Å². The number of aromatic nitrogens is 1. The Morgan fingerprint density at radius 3 is 2.79 bits per heavy atom. The number of hydrogen-bond acceptors (Lipinski definition) is 3. The van der Waals surface area contributed by atoms with Crippen molar-refractivity contribution in [3.8, 4) is 6.07 Å². The van der Waals surface area contributed by atoms with E-state index in [1.807, 2.05) is 0 Å². The molecule has 0 aliphatic carbocycles. The number of rotatable bonds is 2. The normalized spacial score (nSPS) is 9.74. The Balaban J connectivity index is 2.28. The molecular formula is C14H10BrN3O. The van der Waals surface area contributed by atoms with Crippen LogP contribution in [0.15, 0.2) is 47.2 Å². The molecule has 0 fully saturated rings. The number of carbonyl (C=O) groups is 1. The summed E-state index contributed by atoms with van der Waals surface area (Å²) in [6, 6.07) is 12.4. The number of carbonyl (C=O) groups excluding carboxylic acids is 1. The molecule has 5 heteroatoms. The fourth-order valence-electron chi connectivity index (χ4n) is 1.60. The number of hydrogen-bond donors (Lipinski definition) is 0. The van der Waals surface area contributed by atoms with Crippen LogP contribution in [0.5, 0.6) is 0 Å². The lowest BCUT2D eigenvalue weighted by Crippen LogP contribution is -2.26. The molecule has 94 valence electrons. The first-order valence-electron chi connectivity index (χ1n) is 5.51. The summed E-state index contributed by atoms with van der Waals surface area (Å²) in [6.07, 6.45) is 1.51. The molecule has 2 rings (SSSR count). The van der Waals surface area contributed by atoms with E-state index >= 15 is 0 Å². The summed E-state index contributed by atoms with van der Waals surface area (Å²) in [6.45, 7) is 0. The van der Waals surface area contributed by atoms with Crippen molar-refractivity contribution in [2.24, 2.45) is 0 Å². The van der Waals surface area contributed by atoms with Gasteiger partial charge in [-0.3, -0.25) is 4.79 Å². The molecule has 0 bridgehead atoms. The summed E-state index contributed by atoms with van der Waals surface area (Å²) in [5, 5.41) is 8.86. The lowest BCUT2D eigenvalue weighted by Gasteiger charge is -2.17. The fourth-order valence-corrected chi connectivity index (χ4v) is 1.83. The maximum Gasteiger partial charge on any atom is 0.259 e. The Labute approximate surface area is 119 Å². The highest BCUT2D eigenvalue weighted by Gasteiger charge is 2.14. The summed E-state index contributed by atoms with van der Waals surface area (Å²) < 4.78 is 0.679. The van der Waals surface area contributed by atoms with Crippen LogP contribution in [-0.2, 0) is 0 Å². The van der Waals surface area contributed by atoms with Gasteiger partial charge in [0, 0.05) is 18.9 Å². The average molecular weight is 316 g/mol. The maximum absolute atomic E-state index is 12.2. The van der Waals surface area contributed by atoms with Gasteiger partial charge < -0.3 is 4.90 Å². The van der Waals surface area contributed by atoms with Crippen molar-refractivity contribution in [2.45, 2.75) is 0 Å². The smallest absolute Gasteiger partial charge is 0.259 e. The van der Waals surface area contributed by atoms with Gasteiger partial charge >= 0.3 is 0 Å². The molecule has 0 radical (unpaired) electrons. The molecule has 2 aromatic rings. The number of halogens is 1. The molecule has 1 aromatic carbocycles. The predicted octanol–water partition coefficient (Wildman–Crippen LogP) is 2.99. The molecule has 0 aliphatic heterocycles. The van der Waals surface area contributed by atoms with E-state index in [0.717, 1.165) is 0 Å². The van der Waals surface area contributed by atoms with Crippen LogP contribution in [-0.4, -0.2) is 17.9 Å². The van der Waals surface area contributed by atoms with Gasteiger partial charge in [-0.2, -0.15) is 5.26 Å². The molecule has 1 aromatic heterocycles. The van der Waals surface area contributed by atoms with Crippen LogP contribution in [0.2, 0.25) is 0 Å². The van der Waals surface area contributed by atoms with Gasteiger partial charge in [0.25, 0.3) is 5.91 Å². The van der Waals surface area contributed by atoms with E-state index in [4.69, 9.17) is 5.26 Å². The second-order valence-corrected chi connectivity index (χ2v) is 4.71. The summed E-state index contributed by atoms with van der Waals surface area (Å²) >= 11 is 3.22. The number of benzene rings is 1. The van der Waals surface area contributed by atoms with E-state index in [2.05, 4.69) is 27.0 Å². The van der Waals surface area contributed by atoms with E-state index in [0.29, 0.717) is 21.4 Å². The quantitative estimate of drug-likeness (QED) is 0.800. The zero-order chi connectivity index (χ0) is 13.8. The van der Waals surface area contributed by atoms with E-state index < -0.39 is 0 Å². The second-order valence-electron chi connectivity index (χ2n) is 3.90. The first-order chi connectivity index (χ1) is 9.11. The monoisotopic (exact) mass is 315 g/mol. The molecule has 0 saturated carbocycles. The van der Waals surface area contributed by atoms with Crippen LogP contribution >= 0.6 is 15.9 Å². The minimum atomic E-state index is -0.171. The lowest BCUT2D eigenvalue weighted by molar-refractivity contribution is 0.0992. The van der Waals surface area contributed by atoms with Crippen molar-refractivity contribution in [1.29, 1.82) is 5.26 Å². The number of nitrogens with zero attached hydrogens (tertiary/aromatic N) is 3. The minimum Gasteiger partial charge on any atom is -0.311 e. The Morgan fingerprint density at radius 1 is 1.37 bits per heavy atom. The molecule has 0 atom stereocenters. The fraction of sp³-hybridized carbons (Fsp3) is 0.0714. The third-order valence-electron chi connectivity index (χ3n) is 2.64. The van der Waals surface area contributed by atoms with Gasteiger partial charge in [0.2, 0.25) is 0 Å². The van der Waals surface area contributed by atoms with Crippen molar-refractivity contribution in [3.05, 3.63) is 58.3 Å². The zero-order valence-electron chi connectivity index (χ0n) is 10.2. The van der Waals surface area contributed by atoms with Crippen LogP contribution in [0.3, 0.4) is 0 Å². The number of nitriles is 1. The molecule has 0 N–H and O–H groups in total. The summed E-state index contributed by atoms with van der Waals surface area (Å²) in [4.78, 5) is 17.8. The molecule has 0 unspecified atom stereocenters. The van der Waals surface area contributed by atoms with Gasteiger partial charge in [0.05, 0.1) is 17.2 Å². The molecule has 19 heavy (non-hydrogen) atoms. The van der Waals surface area contributed by atoms with Crippen LogP contribution in [0.1, 0.15) is 15.9 Å². The van der Waals surface area contributed by atoms with E-state index in [9.17, 15) is 4.79 Å². The number of anilines is 1. The van der Waals surface area contributed by atoms with Gasteiger partial charge in [-0.05, 0) is 46.3 Å². The van der Waals surface area contributed by atoms with Crippen molar-refractivity contribution >= 4 is 27.5 Å². The Kier molecular flexibility index (Phi) is 3.93. The van der Waals surface area contributed by atoms with E-state index in [1.165, 1.54) is 11.1 Å². The molecule has 1 amide bonds. The van der Waals surface area contributed by atoms with Gasteiger partial charge in [0.15, 0.2) is 0 Å². The Hall–Kier alpha value is -2.19. The maximum atomic E-state index is 12.2. The van der Waals surface area contributed by atoms with Gasteiger partial charge in [-0.15, -0.1) is 0 Å². The van der Waals surface area contributed by atoms with Crippen molar-refractivity contribution in [3.63, 3.8) is 0 Å². The topological polar surface area (TPSA) is 57.0 Å². The van der Waals surface area contributed by atoms with Crippen LogP contribution in [0.4, 0.5) is 5.69 Å². The first-order valence-corrected chi connectivity index (χ1v) is 6.31. The van der Waals surface area contributed by atoms with Crippen molar-refractivity contribution in [2.75, 3.05) is 11.9 Å². The van der Waals surface area contributed by atoms with Crippen molar-refractivity contribution in [1.82, 2.24) is 4.98 Å². The highest BCUT2D eigenvalue weighted by molar-refractivity contribution is 9.10.